The molecule has 1 heterocycles. The van der Waals surface area contributed by atoms with E-state index in [9.17, 15) is 13.2 Å². The maximum absolute atomic E-state index is 12.8. The summed E-state index contributed by atoms with van der Waals surface area (Å²) >= 11 is 0. The standard InChI is InChI=1S/C26H19F3N2/c27-26(28,29)24-16-30-25(31-24)20-11-9-17(10-12-20)15-23-21-7-3-1-5-18(21)13-14-19-6-2-4-8-22(19)23/h1-12,15-16H,13-14H2,(H,30,31). The molecular weight excluding hydrogens is 397 g/mol. The van der Waals surface area contributed by atoms with Crippen molar-refractivity contribution in [3.8, 4) is 11.4 Å². The highest BCUT2D eigenvalue weighted by atomic mass is 19.4. The van der Waals surface area contributed by atoms with Gasteiger partial charge >= 0.3 is 6.18 Å². The third-order valence-corrected chi connectivity index (χ3v) is 5.64. The molecule has 0 bridgehead atoms. The van der Waals surface area contributed by atoms with Crippen molar-refractivity contribution in [2.75, 3.05) is 0 Å². The summed E-state index contributed by atoms with van der Waals surface area (Å²) in [6.45, 7) is 0. The van der Waals surface area contributed by atoms with Crippen molar-refractivity contribution in [3.63, 3.8) is 0 Å². The molecule has 0 unspecified atom stereocenters. The smallest absolute Gasteiger partial charge is 0.344 e. The number of benzene rings is 3. The molecule has 0 spiro atoms. The van der Waals surface area contributed by atoms with E-state index in [1.165, 1.54) is 22.3 Å². The van der Waals surface area contributed by atoms with Crippen molar-refractivity contribution in [1.82, 2.24) is 9.97 Å². The number of aromatic amines is 1. The lowest BCUT2D eigenvalue weighted by molar-refractivity contribution is -0.140. The van der Waals surface area contributed by atoms with Crippen molar-refractivity contribution in [2.24, 2.45) is 0 Å². The highest BCUT2D eigenvalue weighted by Gasteiger charge is 2.33. The van der Waals surface area contributed by atoms with E-state index in [0.29, 0.717) is 5.56 Å². The van der Waals surface area contributed by atoms with Crippen LogP contribution in [-0.2, 0) is 19.0 Å². The molecule has 1 N–H and O–H groups in total. The minimum atomic E-state index is -4.46. The molecule has 1 aliphatic rings. The van der Waals surface area contributed by atoms with Gasteiger partial charge in [-0.1, -0.05) is 72.8 Å². The highest BCUT2D eigenvalue weighted by molar-refractivity contribution is 5.94. The number of H-pyrrole nitrogens is 1. The van der Waals surface area contributed by atoms with Crippen LogP contribution in [0.25, 0.3) is 23.0 Å². The Balaban J connectivity index is 1.55. The highest BCUT2D eigenvalue weighted by Crippen LogP contribution is 2.35. The van der Waals surface area contributed by atoms with Crippen LogP contribution < -0.4 is 0 Å². The van der Waals surface area contributed by atoms with Gasteiger partial charge in [-0.3, -0.25) is 0 Å². The van der Waals surface area contributed by atoms with Gasteiger partial charge in [-0.15, -0.1) is 0 Å². The minimum Gasteiger partial charge on any atom is -0.344 e. The number of imidazole rings is 1. The van der Waals surface area contributed by atoms with Crippen molar-refractivity contribution in [3.05, 3.63) is 113 Å². The average molecular weight is 416 g/mol. The van der Waals surface area contributed by atoms with Gasteiger partial charge in [-0.25, -0.2) is 4.98 Å². The predicted octanol–water partition coefficient (Wildman–Crippen LogP) is 6.78. The molecule has 5 rings (SSSR count). The fourth-order valence-electron chi connectivity index (χ4n) is 4.09. The van der Waals surface area contributed by atoms with Gasteiger partial charge in [-0.2, -0.15) is 13.2 Å². The predicted molar refractivity (Wildman–Crippen MR) is 116 cm³/mol. The summed E-state index contributed by atoms with van der Waals surface area (Å²) in [5, 5.41) is 0. The molecule has 0 atom stereocenters. The molecule has 1 aliphatic carbocycles. The minimum absolute atomic E-state index is 0.205. The number of nitrogens with one attached hydrogen (secondary N) is 1. The molecule has 1 aromatic heterocycles. The van der Waals surface area contributed by atoms with Crippen LogP contribution in [0.1, 0.15) is 33.5 Å². The molecule has 0 saturated carbocycles. The SMILES string of the molecule is FC(F)(F)c1c[nH]c(-c2ccc(C=C3c4ccccc4CCc4ccccc43)cc2)n1. The molecule has 31 heavy (non-hydrogen) atoms. The van der Waals surface area contributed by atoms with Crippen molar-refractivity contribution in [1.29, 1.82) is 0 Å². The number of fused-ring (bicyclic) bond motifs is 2. The number of aromatic nitrogens is 2. The molecule has 0 fully saturated rings. The maximum atomic E-state index is 12.8. The Morgan fingerprint density at radius 2 is 1.35 bits per heavy atom. The lowest BCUT2D eigenvalue weighted by Gasteiger charge is -2.12. The Labute approximate surface area is 178 Å². The van der Waals surface area contributed by atoms with Crippen molar-refractivity contribution in [2.45, 2.75) is 19.0 Å². The number of halogens is 3. The van der Waals surface area contributed by atoms with Gasteiger partial charge in [0.25, 0.3) is 0 Å². The van der Waals surface area contributed by atoms with E-state index in [2.05, 4.69) is 64.6 Å². The summed E-state index contributed by atoms with van der Waals surface area (Å²) in [5.74, 6) is 0.205. The van der Waals surface area contributed by atoms with Crippen molar-refractivity contribution >= 4 is 11.6 Å². The maximum Gasteiger partial charge on any atom is 0.434 e. The number of aryl methyl sites for hydroxylation is 2. The monoisotopic (exact) mass is 416 g/mol. The van der Waals surface area contributed by atoms with E-state index in [1.54, 1.807) is 12.1 Å². The molecule has 0 radical (unpaired) electrons. The van der Waals surface area contributed by atoms with Gasteiger partial charge in [-0.05, 0) is 52.3 Å². The summed E-state index contributed by atoms with van der Waals surface area (Å²) < 4.78 is 38.5. The fraction of sp³-hybridized carbons (Fsp3) is 0.115. The Hall–Kier alpha value is -3.60. The number of hydrogen-bond acceptors (Lipinski definition) is 1. The second-order valence-electron chi connectivity index (χ2n) is 7.63. The van der Waals surface area contributed by atoms with Gasteiger partial charge in [0.15, 0.2) is 5.69 Å². The number of nitrogens with zero attached hydrogens (tertiary/aromatic N) is 1. The topological polar surface area (TPSA) is 28.7 Å². The molecule has 3 aromatic carbocycles. The first-order valence-electron chi connectivity index (χ1n) is 10.1. The van der Waals surface area contributed by atoms with Gasteiger partial charge in [0.1, 0.15) is 5.82 Å². The van der Waals surface area contributed by atoms with Crippen LogP contribution in [0.3, 0.4) is 0 Å². The van der Waals surface area contributed by atoms with Crippen LogP contribution in [0.5, 0.6) is 0 Å². The average Bonchev–Trinajstić information content (AvgIpc) is 3.23. The summed E-state index contributed by atoms with van der Waals surface area (Å²) in [6, 6.07) is 24.3. The van der Waals surface area contributed by atoms with E-state index in [0.717, 1.165) is 30.2 Å². The fourth-order valence-corrected chi connectivity index (χ4v) is 4.09. The van der Waals surface area contributed by atoms with E-state index >= 15 is 0 Å². The van der Waals surface area contributed by atoms with Crippen LogP contribution in [0.15, 0.2) is 79.0 Å². The Morgan fingerprint density at radius 3 is 1.90 bits per heavy atom. The van der Waals surface area contributed by atoms with E-state index in [1.807, 2.05) is 12.1 Å². The lowest BCUT2D eigenvalue weighted by Crippen LogP contribution is -2.04. The van der Waals surface area contributed by atoms with Gasteiger partial charge < -0.3 is 4.98 Å². The number of alkyl halides is 3. The number of hydrogen-bond donors (Lipinski definition) is 1. The van der Waals surface area contributed by atoms with Crippen LogP contribution in [0, 0.1) is 0 Å². The molecule has 2 nitrogen and oxygen atoms in total. The summed E-state index contributed by atoms with van der Waals surface area (Å²) in [7, 11) is 0. The lowest BCUT2D eigenvalue weighted by atomic mass is 9.92. The molecule has 5 heteroatoms. The number of rotatable bonds is 2. The zero-order chi connectivity index (χ0) is 21.4. The van der Waals surface area contributed by atoms with Gasteiger partial charge in [0.05, 0.1) is 0 Å². The first-order chi connectivity index (χ1) is 15.0. The van der Waals surface area contributed by atoms with E-state index < -0.39 is 11.9 Å². The molecule has 0 amide bonds. The van der Waals surface area contributed by atoms with Crippen LogP contribution in [-0.4, -0.2) is 9.97 Å². The van der Waals surface area contributed by atoms with E-state index in [-0.39, 0.29) is 5.82 Å². The first kappa shape index (κ1) is 19.4. The van der Waals surface area contributed by atoms with E-state index in [4.69, 9.17) is 0 Å². The third kappa shape index (κ3) is 3.79. The Kier molecular flexibility index (Phi) is 4.74. The summed E-state index contributed by atoms with van der Waals surface area (Å²) in [5.41, 5.74) is 6.91. The second kappa shape index (κ2) is 7.58. The molecule has 0 saturated heterocycles. The zero-order valence-electron chi connectivity index (χ0n) is 16.6. The second-order valence-corrected chi connectivity index (χ2v) is 7.63. The third-order valence-electron chi connectivity index (χ3n) is 5.64. The molecule has 4 aromatic rings. The van der Waals surface area contributed by atoms with Gasteiger partial charge in [0, 0.05) is 11.8 Å². The molecular formula is C26H19F3N2. The summed E-state index contributed by atoms with van der Waals surface area (Å²) in [6.07, 6.45) is 0.563. The summed E-state index contributed by atoms with van der Waals surface area (Å²) in [4.78, 5) is 6.29. The van der Waals surface area contributed by atoms with Crippen molar-refractivity contribution < 1.29 is 13.2 Å². The largest absolute Gasteiger partial charge is 0.434 e. The van der Waals surface area contributed by atoms with Gasteiger partial charge in [0.2, 0.25) is 0 Å². The zero-order valence-corrected chi connectivity index (χ0v) is 16.6. The normalized spacial score (nSPS) is 13.3. The Morgan fingerprint density at radius 1 is 0.774 bits per heavy atom. The molecule has 154 valence electrons. The Bertz CT molecular complexity index is 1210. The van der Waals surface area contributed by atoms with Crippen LogP contribution in [0.4, 0.5) is 13.2 Å². The first-order valence-corrected chi connectivity index (χ1v) is 10.1. The van der Waals surface area contributed by atoms with Crippen LogP contribution in [0.2, 0.25) is 0 Å². The van der Waals surface area contributed by atoms with Crippen LogP contribution >= 0.6 is 0 Å². The molecule has 0 aliphatic heterocycles. The quantitative estimate of drug-likeness (QED) is 0.383.